The molecule has 70 heavy (non-hydrogen) atoms. The van der Waals surface area contributed by atoms with E-state index in [4.69, 9.17) is 23.7 Å². The number of rotatable bonds is 40. The van der Waals surface area contributed by atoms with Gasteiger partial charge in [0.1, 0.15) is 13.2 Å². The van der Waals surface area contributed by atoms with Crippen LogP contribution in [0, 0.1) is 28.6 Å². The van der Waals surface area contributed by atoms with Crippen molar-refractivity contribution in [1.29, 1.82) is 0 Å². The average molecular weight is 983 g/mol. The van der Waals surface area contributed by atoms with Gasteiger partial charge in [-0.1, -0.05) is 187 Å². The molecule has 3 saturated carbocycles. The zero-order valence-corrected chi connectivity index (χ0v) is 45.2. The van der Waals surface area contributed by atoms with Gasteiger partial charge in [0, 0.05) is 32.1 Å². The molecular formula is C60H102O10. The molecule has 6 atom stereocenters. The van der Waals surface area contributed by atoms with Gasteiger partial charge in [-0.05, 0) is 98.9 Å². The van der Waals surface area contributed by atoms with E-state index < -0.39 is 18.0 Å². The van der Waals surface area contributed by atoms with Crippen LogP contribution in [0.2, 0.25) is 0 Å². The lowest BCUT2D eigenvalue weighted by Crippen LogP contribution is -2.51. The molecule has 0 bridgehead atoms. The molecule has 4 aliphatic carbocycles. The predicted octanol–water partition coefficient (Wildman–Crippen LogP) is 15.5. The molecule has 4 aliphatic rings. The van der Waals surface area contributed by atoms with Gasteiger partial charge in [-0.3, -0.25) is 24.0 Å². The standard InChI is InChI=1S/C60H102O10/c1-5-7-9-11-13-15-17-19-21-23-25-27-29-32-55(62)66-45-50(46-67-56(63)33-30-28-26-24-22-20-18-16-14-12-10-8-6-2)70-58(65)35-31-34-57(64)69-47-68-54-39-38-52-51-37-36-48-44-49(61)40-42-59(48,3)53(51)41-43-60(52,54)4/h44,50-54H,5-43,45-47H2,1-4H3/t51-,52-,53-,54?,59-,60-/m0/s1. The number of unbranched alkanes of at least 4 members (excludes halogenated alkanes) is 24. The summed E-state index contributed by atoms with van der Waals surface area (Å²) in [5.41, 5.74) is 1.55. The summed E-state index contributed by atoms with van der Waals surface area (Å²) in [6.45, 7) is 8.81. The number of hydrogen-bond donors (Lipinski definition) is 0. The molecule has 402 valence electrons. The maximum Gasteiger partial charge on any atom is 0.307 e. The average Bonchev–Trinajstić information content (AvgIpc) is 3.68. The normalized spacial score (nSPS) is 23.8. The van der Waals surface area contributed by atoms with Gasteiger partial charge in [0.25, 0.3) is 0 Å². The molecule has 0 N–H and O–H groups in total. The number of hydrogen-bond acceptors (Lipinski definition) is 10. The van der Waals surface area contributed by atoms with Crippen molar-refractivity contribution in [3.05, 3.63) is 11.6 Å². The van der Waals surface area contributed by atoms with E-state index in [9.17, 15) is 24.0 Å². The second-order valence-corrected chi connectivity index (χ2v) is 22.7. The minimum atomic E-state index is -0.924. The number of carbonyl (C=O) groups is 5. The van der Waals surface area contributed by atoms with E-state index in [1.807, 2.05) is 6.08 Å². The lowest BCUT2D eigenvalue weighted by molar-refractivity contribution is -0.173. The number of ketones is 1. The smallest absolute Gasteiger partial charge is 0.307 e. The maximum atomic E-state index is 13.0. The van der Waals surface area contributed by atoms with Crippen LogP contribution in [0.25, 0.3) is 0 Å². The fraction of sp³-hybridized carbons (Fsp3) is 0.883. The van der Waals surface area contributed by atoms with E-state index in [2.05, 4.69) is 27.7 Å². The van der Waals surface area contributed by atoms with Crippen LogP contribution in [-0.4, -0.2) is 61.9 Å². The Morgan fingerprint density at radius 2 is 0.971 bits per heavy atom. The highest BCUT2D eigenvalue weighted by Gasteiger charge is 2.59. The van der Waals surface area contributed by atoms with Gasteiger partial charge < -0.3 is 23.7 Å². The molecule has 0 aromatic carbocycles. The van der Waals surface area contributed by atoms with Crippen LogP contribution in [-0.2, 0) is 47.7 Å². The van der Waals surface area contributed by atoms with E-state index in [1.54, 1.807) is 0 Å². The fourth-order valence-corrected chi connectivity index (χ4v) is 12.9. The van der Waals surface area contributed by atoms with Crippen LogP contribution >= 0.6 is 0 Å². The molecule has 3 fully saturated rings. The Labute approximate surface area is 426 Å². The van der Waals surface area contributed by atoms with Crippen LogP contribution in [0.1, 0.15) is 278 Å². The van der Waals surface area contributed by atoms with Crippen LogP contribution in [0.5, 0.6) is 0 Å². The minimum Gasteiger partial charge on any atom is -0.462 e. The number of ether oxygens (including phenoxy) is 5. The van der Waals surface area contributed by atoms with Gasteiger partial charge in [0.2, 0.25) is 0 Å². The summed E-state index contributed by atoms with van der Waals surface area (Å²) >= 11 is 0. The third-order valence-electron chi connectivity index (χ3n) is 17.3. The van der Waals surface area contributed by atoms with Gasteiger partial charge in [0.15, 0.2) is 18.7 Å². The Hall–Kier alpha value is -2.75. The third-order valence-corrected chi connectivity index (χ3v) is 17.3. The first-order valence-corrected chi connectivity index (χ1v) is 29.5. The largest absolute Gasteiger partial charge is 0.462 e. The lowest BCUT2D eigenvalue weighted by atomic mass is 9.47. The quantitative estimate of drug-likeness (QED) is 0.0253. The second-order valence-electron chi connectivity index (χ2n) is 22.7. The zero-order chi connectivity index (χ0) is 50.3. The molecule has 0 radical (unpaired) electrons. The summed E-state index contributed by atoms with van der Waals surface area (Å²) in [5.74, 6) is 0.430. The highest BCUT2D eigenvalue weighted by Crippen LogP contribution is 2.65. The summed E-state index contributed by atoms with van der Waals surface area (Å²) in [6.07, 6.45) is 41.8. The summed E-state index contributed by atoms with van der Waals surface area (Å²) in [7, 11) is 0. The van der Waals surface area contributed by atoms with Crippen LogP contribution in [0.4, 0.5) is 0 Å². The first kappa shape index (κ1) is 59.8. The first-order chi connectivity index (χ1) is 34.0. The van der Waals surface area contributed by atoms with Crippen LogP contribution < -0.4 is 0 Å². The molecule has 0 heterocycles. The Morgan fingerprint density at radius 3 is 1.49 bits per heavy atom. The lowest BCUT2D eigenvalue weighted by Gasteiger charge is -2.57. The van der Waals surface area contributed by atoms with Crippen molar-refractivity contribution in [2.45, 2.75) is 290 Å². The molecule has 1 unspecified atom stereocenters. The Bertz CT molecular complexity index is 1490. The molecule has 0 spiro atoms. The summed E-state index contributed by atoms with van der Waals surface area (Å²) in [6, 6.07) is 0. The molecule has 0 amide bonds. The van der Waals surface area contributed by atoms with Crippen molar-refractivity contribution in [1.82, 2.24) is 0 Å². The van der Waals surface area contributed by atoms with Crippen LogP contribution in [0.3, 0.4) is 0 Å². The van der Waals surface area contributed by atoms with Crippen LogP contribution in [0.15, 0.2) is 11.6 Å². The fourth-order valence-electron chi connectivity index (χ4n) is 12.9. The highest BCUT2D eigenvalue weighted by atomic mass is 16.7. The van der Waals surface area contributed by atoms with E-state index >= 15 is 0 Å². The monoisotopic (exact) mass is 983 g/mol. The van der Waals surface area contributed by atoms with Gasteiger partial charge in [-0.25, -0.2) is 0 Å². The van der Waals surface area contributed by atoms with Crippen molar-refractivity contribution in [3.63, 3.8) is 0 Å². The summed E-state index contributed by atoms with van der Waals surface area (Å²) < 4.78 is 28.6. The molecule has 0 aliphatic heterocycles. The number of esters is 4. The Morgan fingerprint density at radius 1 is 0.514 bits per heavy atom. The molecule has 0 aromatic heterocycles. The highest BCUT2D eigenvalue weighted by molar-refractivity contribution is 5.91. The summed E-state index contributed by atoms with van der Waals surface area (Å²) in [5, 5.41) is 0. The van der Waals surface area contributed by atoms with Crippen molar-refractivity contribution in [2.75, 3.05) is 20.0 Å². The summed E-state index contributed by atoms with van der Waals surface area (Å²) in [4.78, 5) is 63.5. The molecule has 10 nitrogen and oxygen atoms in total. The maximum absolute atomic E-state index is 13.0. The molecule has 0 saturated heterocycles. The van der Waals surface area contributed by atoms with Gasteiger partial charge >= 0.3 is 23.9 Å². The third kappa shape index (κ3) is 21.8. The van der Waals surface area contributed by atoms with Crippen molar-refractivity contribution < 1.29 is 47.7 Å². The number of allylic oxidation sites excluding steroid dienone is 1. The Balaban J connectivity index is 1.10. The SMILES string of the molecule is CCCCCCCCCCCCCCCC(=O)OCC(COC(=O)CCCCCCCCCCCCCCC)OC(=O)CCCC(=O)OCOC1CC[C@H]2[C@@H]3CCC4=CC(=O)CC[C@]4(C)[C@H]3CC[C@]12C. The molecule has 10 heteroatoms. The molecule has 0 aromatic rings. The number of fused-ring (bicyclic) bond motifs is 5. The van der Waals surface area contributed by atoms with Crippen molar-refractivity contribution in [2.24, 2.45) is 28.6 Å². The second kappa shape index (κ2) is 34.6. The van der Waals surface area contributed by atoms with Crippen molar-refractivity contribution in [3.8, 4) is 0 Å². The zero-order valence-electron chi connectivity index (χ0n) is 45.2. The van der Waals surface area contributed by atoms with Gasteiger partial charge in [-0.15, -0.1) is 0 Å². The van der Waals surface area contributed by atoms with E-state index in [1.165, 1.54) is 134 Å². The molecule has 4 rings (SSSR count). The number of carbonyl (C=O) groups excluding carboxylic acids is 5. The minimum absolute atomic E-state index is 0.0266. The van der Waals surface area contributed by atoms with E-state index in [0.29, 0.717) is 42.8 Å². The predicted molar refractivity (Wildman–Crippen MR) is 279 cm³/mol. The van der Waals surface area contributed by atoms with E-state index in [-0.39, 0.29) is 68.1 Å². The Kier molecular flexibility index (Phi) is 29.6. The topological polar surface area (TPSA) is 132 Å². The van der Waals surface area contributed by atoms with Crippen molar-refractivity contribution >= 4 is 29.7 Å². The first-order valence-electron chi connectivity index (χ1n) is 29.5. The van der Waals surface area contributed by atoms with E-state index in [0.717, 1.165) is 83.5 Å². The van der Waals surface area contributed by atoms with Gasteiger partial charge in [-0.2, -0.15) is 0 Å². The molecular weight excluding hydrogens is 881 g/mol. The van der Waals surface area contributed by atoms with Gasteiger partial charge in [0.05, 0.1) is 6.10 Å².